The lowest BCUT2D eigenvalue weighted by molar-refractivity contribution is -0.121. The van der Waals surface area contributed by atoms with Crippen molar-refractivity contribution in [3.8, 4) is 28.5 Å². The number of aryl methyl sites for hydroxylation is 2. The minimum Gasteiger partial charge on any atom is -0.492 e. The van der Waals surface area contributed by atoms with Crippen LogP contribution in [0.5, 0.6) is 17.2 Å². The van der Waals surface area contributed by atoms with Gasteiger partial charge < -0.3 is 19.5 Å². The number of hydrogen-bond donors (Lipinski definition) is 1. The molecule has 160 valence electrons. The standard InChI is InChI=1S/C23H23N3O5/c1-15-7-16(2)9-18(8-15)29-6-5-24-22(27)12-26-13-25-19(11-23(26)28)17-3-4-20-21(10-17)31-14-30-20/h3-4,7-11,13H,5-6,12,14H2,1-2H3,(H,24,27). The molecule has 0 aliphatic carbocycles. The first kappa shape index (κ1) is 20.5. The molecule has 1 aliphatic rings. The molecule has 1 amide bonds. The van der Waals surface area contributed by atoms with Crippen molar-refractivity contribution in [2.24, 2.45) is 0 Å². The van der Waals surface area contributed by atoms with Crippen LogP contribution in [-0.2, 0) is 11.3 Å². The van der Waals surface area contributed by atoms with Gasteiger partial charge in [0.2, 0.25) is 12.7 Å². The zero-order valence-corrected chi connectivity index (χ0v) is 17.4. The quantitative estimate of drug-likeness (QED) is 0.590. The molecule has 0 saturated carbocycles. The Labute approximate surface area is 179 Å². The normalized spacial score (nSPS) is 11.9. The Balaban J connectivity index is 1.31. The third-order valence-corrected chi connectivity index (χ3v) is 4.75. The number of fused-ring (bicyclic) bond motifs is 1. The van der Waals surface area contributed by atoms with E-state index in [1.165, 1.54) is 17.0 Å². The summed E-state index contributed by atoms with van der Waals surface area (Å²) in [6, 6.07) is 12.7. The summed E-state index contributed by atoms with van der Waals surface area (Å²) in [6.07, 6.45) is 1.37. The predicted octanol–water partition coefficient (Wildman–Crippen LogP) is 2.45. The zero-order chi connectivity index (χ0) is 21.8. The minimum atomic E-state index is -0.315. The molecule has 2 heterocycles. The molecule has 4 rings (SSSR count). The van der Waals surface area contributed by atoms with Crippen LogP contribution in [0.15, 0.2) is 53.6 Å². The highest BCUT2D eigenvalue weighted by atomic mass is 16.7. The number of nitrogens with zero attached hydrogens (tertiary/aromatic N) is 2. The van der Waals surface area contributed by atoms with Gasteiger partial charge in [-0.15, -0.1) is 0 Å². The number of benzene rings is 2. The van der Waals surface area contributed by atoms with Crippen molar-refractivity contribution < 1.29 is 19.0 Å². The lowest BCUT2D eigenvalue weighted by Crippen LogP contribution is -2.34. The van der Waals surface area contributed by atoms with E-state index in [4.69, 9.17) is 14.2 Å². The van der Waals surface area contributed by atoms with E-state index in [-0.39, 0.29) is 24.8 Å². The van der Waals surface area contributed by atoms with E-state index in [0.29, 0.717) is 30.3 Å². The number of carbonyl (C=O) groups excluding carboxylic acids is 1. The maximum atomic E-state index is 12.4. The first-order chi connectivity index (χ1) is 15.0. The Morgan fingerprint density at radius 3 is 2.65 bits per heavy atom. The smallest absolute Gasteiger partial charge is 0.254 e. The Morgan fingerprint density at radius 2 is 1.87 bits per heavy atom. The first-order valence-electron chi connectivity index (χ1n) is 9.92. The molecule has 0 fully saturated rings. The van der Waals surface area contributed by atoms with E-state index >= 15 is 0 Å². The van der Waals surface area contributed by atoms with Gasteiger partial charge in [-0.25, -0.2) is 4.98 Å². The molecule has 31 heavy (non-hydrogen) atoms. The van der Waals surface area contributed by atoms with Gasteiger partial charge in [-0.1, -0.05) is 6.07 Å². The summed E-state index contributed by atoms with van der Waals surface area (Å²) in [5, 5.41) is 2.75. The Hall–Kier alpha value is -3.81. The molecular formula is C23H23N3O5. The van der Waals surface area contributed by atoms with Gasteiger partial charge in [0.15, 0.2) is 11.5 Å². The zero-order valence-electron chi connectivity index (χ0n) is 17.4. The van der Waals surface area contributed by atoms with Gasteiger partial charge in [0.05, 0.1) is 18.6 Å². The molecule has 1 N–H and O–H groups in total. The van der Waals surface area contributed by atoms with E-state index < -0.39 is 0 Å². The molecule has 8 nitrogen and oxygen atoms in total. The van der Waals surface area contributed by atoms with Crippen LogP contribution in [0, 0.1) is 13.8 Å². The Bertz CT molecular complexity index is 1150. The molecule has 8 heteroatoms. The fraction of sp³-hybridized carbons (Fsp3) is 0.261. The Kier molecular flexibility index (Phi) is 5.88. The second kappa shape index (κ2) is 8.91. The van der Waals surface area contributed by atoms with Gasteiger partial charge in [-0.05, 0) is 55.3 Å². The van der Waals surface area contributed by atoms with Gasteiger partial charge in [-0.3, -0.25) is 14.2 Å². The van der Waals surface area contributed by atoms with Crippen molar-refractivity contribution in [3.63, 3.8) is 0 Å². The molecule has 1 aliphatic heterocycles. The average molecular weight is 421 g/mol. The average Bonchev–Trinajstić information content (AvgIpc) is 3.20. The van der Waals surface area contributed by atoms with Crippen molar-refractivity contribution in [1.82, 2.24) is 14.9 Å². The number of carbonyl (C=O) groups is 1. The summed E-state index contributed by atoms with van der Waals surface area (Å²) in [5.41, 5.74) is 3.16. The monoisotopic (exact) mass is 421 g/mol. The van der Waals surface area contributed by atoms with Crippen LogP contribution in [0.1, 0.15) is 11.1 Å². The number of ether oxygens (including phenoxy) is 3. The van der Waals surface area contributed by atoms with Gasteiger partial charge in [-0.2, -0.15) is 0 Å². The van der Waals surface area contributed by atoms with Gasteiger partial charge >= 0.3 is 0 Å². The van der Waals surface area contributed by atoms with Crippen molar-refractivity contribution in [2.45, 2.75) is 20.4 Å². The summed E-state index contributed by atoms with van der Waals surface area (Å²) in [5.74, 6) is 1.76. The highest BCUT2D eigenvalue weighted by molar-refractivity contribution is 5.75. The van der Waals surface area contributed by atoms with E-state index in [1.807, 2.05) is 32.0 Å². The molecule has 2 aromatic carbocycles. The fourth-order valence-corrected chi connectivity index (χ4v) is 3.34. The van der Waals surface area contributed by atoms with Crippen molar-refractivity contribution in [2.75, 3.05) is 19.9 Å². The lowest BCUT2D eigenvalue weighted by Gasteiger charge is -2.10. The van der Waals surface area contributed by atoms with E-state index in [9.17, 15) is 9.59 Å². The summed E-state index contributed by atoms with van der Waals surface area (Å²) in [7, 11) is 0. The van der Waals surface area contributed by atoms with Crippen molar-refractivity contribution >= 4 is 5.91 Å². The molecule has 0 atom stereocenters. The topological polar surface area (TPSA) is 91.7 Å². The highest BCUT2D eigenvalue weighted by Crippen LogP contribution is 2.35. The summed E-state index contributed by atoms with van der Waals surface area (Å²) in [4.78, 5) is 28.9. The van der Waals surface area contributed by atoms with E-state index in [2.05, 4.69) is 16.4 Å². The van der Waals surface area contributed by atoms with Crippen LogP contribution >= 0.6 is 0 Å². The molecule has 0 radical (unpaired) electrons. The third kappa shape index (κ3) is 5.03. The van der Waals surface area contributed by atoms with E-state index in [0.717, 1.165) is 22.4 Å². The molecule has 3 aromatic rings. The molecule has 0 unspecified atom stereocenters. The fourth-order valence-electron chi connectivity index (χ4n) is 3.34. The maximum absolute atomic E-state index is 12.4. The molecular weight excluding hydrogens is 398 g/mol. The summed E-state index contributed by atoms with van der Waals surface area (Å²) < 4.78 is 17.6. The van der Waals surface area contributed by atoms with Crippen molar-refractivity contribution in [3.05, 3.63) is 70.3 Å². The van der Waals surface area contributed by atoms with Crippen LogP contribution < -0.4 is 25.1 Å². The number of rotatable bonds is 7. The van der Waals surface area contributed by atoms with Gasteiger partial charge in [0.25, 0.3) is 5.56 Å². The van der Waals surface area contributed by atoms with Crippen LogP contribution in [0.2, 0.25) is 0 Å². The number of aromatic nitrogens is 2. The van der Waals surface area contributed by atoms with Crippen LogP contribution in [-0.4, -0.2) is 35.4 Å². The number of nitrogens with one attached hydrogen (secondary N) is 1. The number of amides is 1. The second-order valence-electron chi connectivity index (χ2n) is 7.33. The Morgan fingerprint density at radius 1 is 1.10 bits per heavy atom. The van der Waals surface area contributed by atoms with Gasteiger partial charge in [0.1, 0.15) is 18.9 Å². The van der Waals surface area contributed by atoms with Gasteiger partial charge in [0, 0.05) is 11.6 Å². The predicted molar refractivity (Wildman–Crippen MR) is 114 cm³/mol. The van der Waals surface area contributed by atoms with Crippen molar-refractivity contribution in [1.29, 1.82) is 0 Å². The molecule has 0 bridgehead atoms. The summed E-state index contributed by atoms with van der Waals surface area (Å²) >= 11 is 0. The first-order valence-corrected chi connectivity index (χ1v) is 9.92. The van der Waals surface area contributed by atoms with E-state index in [1.54, 1.807) is 12.1 Å². The second-order valence-corrected chi connectivity index (χ2v) is 7.33. The van der Waals surface area contributed by atoms with Crippen LogP contribution in [0.3, 0.4) is 0 Å². The SMILES string of the molecule is Cc1cc(C)cc(OCCNC(=O)Cn2cnc(-c3ccc4c(c3)OCO4)cc2=O)c1. The van der Waals surface area contributed by atoms with Crippen LogP contribution in [0.4, 0.5) is 0 Å². The van der Waals surface area contributed by atoms with Crippen LogP contribution in [0.25, 0.3) is 11.3 Å². The minimum absolute atomic E-state index is 0.114. The molecule has 1 aromatic heterocycles. The largest absolute Gasteiger partial charge is 0.492 e. The molecule has 0 spiro atoms. The highest BCUT2D eigenvalue weighted by Gasteiger charge is 2.15. The third-order valence-electron chi connectivity index (χ3n) is 4.75. The maximum Gasteiger partial charge on any atom is 0.254 e. The lowest BCUT2D eigenvalue weighted by atomic mass is 10.1. The number of hydrogen-bond acceptors (Lipinski definition) is 6. The summed E-state index contributed by atoms with van der Waals surface area (Å²) in [6.45, 7) is 4.75. The molecule has 0 saturated heterocycles.